The second kappa shape index (κ2) is 7.43. The van der Waals surface area contributed by atoms with Crippen LogP contribution in [0.3, 0.4) is 0 Å². The van der Waals surface area contributed by atoms with Gasteiger partial charge in [-0.15, -0.1) is 0 Å². The maximum absolute atomic E-state index is 13.0. The first-order valence-corrected chi connectivity index (χ1v) is 8.27. The van der Waals surface area contributed by atoms with Crippen molar-refractivity contribution >= 4 is 23.2 Å². The number of carbonyl (C=O) groups is 1. The van der Waals surface area contributed by atoms with Crippen LogP contribution in [-0.4, -0.2) is 25.5 Å². The normalized spacial score (nSPS) is 11.6. The van der Waals surface area contributed by atoms with E-state index >= 15 is 0 Å². The summed E-state index contributed by atoms with van der Waals surface area (Å²) in [5.74, 6) is -0.630. The fraction of sp³-hybridized carbons (Fsp3) is 0.235. The van der Waals surface area contributed by atoms with E-state index < -0.39 is 24.3 Å². The number of nitrogens with one attached hydrogen (secondary N) is 1. The van der Waals surface area contributed by atoms with E-state index in [-0.39, 0.29) is 5.69 Å². The van der Waals surface area contributed by atoms with E-state index in [0.717, 1.165) is 11.6 Å². The molecule has 6 nitrogen and oxygen atoms in total. The smallest absolute Gasteiger partial charge is 0.322 e. The number of amides is 1. The summed E-state index contributed by atoms with van der Waals surface area (Å²) in [6.07, 6.45) is -1.57. The minimum atomic E-state index is -4.58. The number of carbonyl (C=O) groups excluding carboxylic acids is 1. The van der Waals surface area contributed by atoms with Crippen molar-refractivity contribution in [3.8, 4) is 0 Å². The lowest BCUT2D eigenvalue weighted by Gasteiger charge is -2.09. The summed E-state index contributed by atoms with van der Waals surface area (Å²) >= 11 is 5.84. The van der Waals surface area contributed by atoms with Gasteiger partial charge in [0.25, 0.3) is 0 Å². The van der Waals surface area contributed by atoms with Gasteiger partial charge in [-0.25, -0.2) is 0 Å². The molecule has 0 saturated carbocycles. The van der Waals surface area contributed by atoms with Crippen LogP contribution in [0.25, 0.3) is 0 Å². The molecule has 0 unspecified atom stereocenters. The zero-order chi connectivity index (χ0) is 19.6. The number of aromatic nitrogens is 4. The van der Waals surface area contributed by atoms with Crippen LogP contribution in [0.2, 0.25) is 5.02 Å². The van der Waals surface area contributed by atoms with Gasteiger partial charge in [-0.3, -0.25) is 14.2 Å². The molecule has 0 saturated heterocycles. The third kappa shape index (κ3) is 4.88. The molecule has 0 atom stereocenters. The van der Waals surface area contributed by atoms with Gasteiger partial charge in [0.2, 0.25) is 5.91 Å². The van der Waals surface area contributed by atoms with Crippen molar-refractivity contribution in [3.05, 3.63) is 64.7 Å². The number of hydrogen-bond donors (Lipinski definition) is 1. The molecule has 0 aliphatic carbocycles. The molecule has 0 aliphatic heterocycles. The molecule has 1 N–H and O–H groups in total. The van der Waals surface area contributed by atoms with Crippen molar-refractivity contribution in [2.24, 2.45) is 0 Å². The molecule has 0 bridgehead atoms. The molecule has 0 radical (unpaired) electrons. The van der Waals surface area contributed by atoms with E-state index in [1.165, 1.54) is 13.1 Å². The number of alkyl halides is 3. The summed E-state index contributed by atoms with van der Waals surface area (Å²) in [5, 5.41) is 11.0. The highest BCUT2D eigenvalue weighted by molar-refractivity contribution is 6.30. The van der Waals surface area contributed by atoms with Crippen LogP contribution in [0.1, 0.15) is 17.0 Å². The van der Waals surface area contributed by atoms with Gasteiger partial charge in [0.15, 0.2) is 0 Å². The first kappa shape index (κ1) is 19.0. The van der Waals surface area contributed by atoms with Crippen molar-refractivity contribution in [3.63, 3.8) is 0 Å². The first-order chi connectivity index (χ1) is 12.7. The van der Waals surface area contributed by atoms with Crippen molar-refractivity contribution in [2.75, 3.05) is 5.32 Å². The first-order valence-electron chi connectivity index (χ1n) is 7.89. The summed E-state index contributed by atoms with van der Waals surface area (Å²) in [6.45, 7) is 1.35. The number of nitrogens with zero attached hydrogens (tertiary/aromatic N) is 4. The van der Waals surface area contributed by atoms with Crippen molar-refractivity contribution < 1.29 is 18.0 Å². The lowest BCUT2D eigenvalue weighted by Crippen LogP contribution is -2.23. The van der Waals surface area contributed by atoms with E-state index in [1.54, 1.807) is 23.0 Å². The number of benzene rings is 1. The molecule has 0 fully saturated rings. The molecule has 1 amide bonds. The zero-order valence-corrected chi connectivity index (χ0v) is 14.9. The molecule has 2 aromatic heterocycles. The standard InChI is InChI=1S/C17H15ClF3N5O/c1-11-6-15(17(19,20)21)26(24-11)10-16(27)23-14-7-22-25(9-14)8-12-2-4-13(18)5-3-12/h2-7,9H,8,10H2,1H3,(H,23,27). The molecule has 10 heteroatoms. The molecule has 27 heavy (non-hydrogen) atoms. The van der Waals surface area contributed by atoms with E-state index in [2.05, 4.69) is 15.5 Å². The largest absolute Gasteiger partial charge is 0.433 e. The number of aryl methyl sites for hydroxylation is 1. The maximum atomic E-state index is 13.0. The third-order valence-corrected chi connectivity index (χ3v) is 3.91. The SMILES string of the molecule is Cc1cc(C(F)(F)F)n(CC(=O)Nc2cnn(Cc3ccc(Cl)cc3)c2)n1. The Kier molecular flexibility index (Phi) is 5.22. The highest BCUT2D eigenvalue weighted by Crippen LogP contribution is 2.29. The van der Waals surface area contributed by atoms with Crippen LogP contribution in [0.4, 0.5) is 18.9 Å². The average molecular weight is 398 g/mol. The van der Waals surface area contributed by atoms with Crippen LogP contribution in [0, 0.1) is 6.92 Å². The lowest BCUT2D eigenvalue weighted by molar-refractivity contribution is -0.144. The van der Waals surface area contributed by atoms with E-state index in [4.69, 9.17) is 11.6 Å². The highest BCUT2D eigenvalue weighted by Gasteiger charge is 2.35. The number of hydrogen-bond acceptors (Lipinski definition) is 3. The Morgan fingerprint density at radius 3 is 2.63 bits per heavy atom. The van der Waals surface area contributed by atoms with Crippen molar-refractivity contribution in [1.29, 1.82) is 0 Å². The van der Waals surface area contributed by atoms with Gasteiger partial charge in [-0.05, 0) is 30.7 Å². The summed E-state index contributed by atoms with van der Waals surface area (Å²) in [4.78, 5) is 12.1. The van der Waals surface area contributed by atoms with Gasteiger partial charge in [0, 0.05) is 11.2 Å². The van der Waals surface area contributed by atoms with Crippen molar-refractivity contribution in [2.45, 2.75) is 26.2 Å². The van der Waals surface area contributed by atoms with Gasteiger partial charge in [-0.2, -0.15) is 23.4 Å². The quantitative estimate of drug-likeness (QED) is 0.713. The second-order valence-electron chi connectivity index (χ2n) is 5.93. The number of halogens is 4. The fourth-order valence-corrected chi connectivity index (χ4v) is 2.65. The van der Waals surface area contributed by atoms with Crippen LogP contribution >= 0.6 is 11.6 Å². The van der Waals surface area contributed by atoms with E-state index in [0.29, 0.717) is 21.9 Å². The Morgan fingerprint density at radius 1 is 1.26 bits per heavy atom. The Labute approximate surface area is 157 Å². The second-order valence-corrected chi connectivity index (χ2v) is 6.36. The Balaban J connectivity index is 1.64. The van der Waals surface area contributed by atoms with Crippen LogP contribution in [0.5, 0.6) is 0 Å². The molecule has 0 aliphatic rings. The van der Waals surface area contributed by atoms with Crippen LogP contribution in [-0.2, 0) is 24.1 Å². The number of rotatable bonds is 5. The average Bonchev–Trinajstić information content (AvgIpc) is 3.15. The Morgan fingerprint density at radius 2 is 1.96 bits per heavy atom. The summed E-state index contributed by atoms with van der Waals surface area (Å²) in [6, 6.07) is 8.11. The lowest BCUT2D eigenvalue weighted by atomic mass is 10.2. The molecule has 142 valence electrons. The number of anilines is 1. The van der Waals surface area contributed by atoms with E-state index in [1.807, 2.05) is 12.1 Å². The maximum Gasteiger partial charge on any atom is 0.433 e. The summed E-state index contributed by atoms with van der Waals surface area (Å²) in [5.41, 5.74) is 0.563. The molecule has 3 rings (SSSR count). The molecule has 1 aromatic carbocycles. The zero-order valence-electron chi connectivity index (χ0n) is 14.2. The molecule has 0 spiro atoms. The molecular formula is C17H15ClF3N5O. The predicted molar refractivity (Wildman–Crippen MR) is 93.4 cm³/mol. The minimum Gasteiger partial charge on any atom is -0.322 e. The molecule has 2 heterocycles. The fourth-order valence-electron chi connectivity index (χ4n) is 2.52. The van der Waals surface area contributed by atoms with Crippen LogP contribution < -0.4 is 5.32 Å². The van der Waals surface area contributed by atoms with Gasteiger partial charge >= 0.3 is 6.18 Å². The third-order valence-electron chi connectivity index (χ3n) is 3.66. The van der Waals surface area contributed by atoms with E-state index in [9.17, 15) is 18.0 Å². The van der Waals surface area contributed by atoms with Crippen molar-refractivity contribution in [1.82, 2.24) is 19.6 Å². The molecule has 3 aromatic rings. The summed E-state index contributed by atoms with van der Waals surface area (Å²) in [7, 11) is 0. The van der Waals surface area contributed by atoms with Gasteiger partial charge < -0.3 is 5.32 Å². The van der Waals surface area contributed by atoms with Gasteiger partial charge in [0.05, 0.1) is 24.1 Å². The Hall–Kier alpha value is -2.81. The van der Waals surface area contributed by atoms with Gasteiger partial charge in [0.1, 0.15) is 12.2 Å². The molecular weight excluding hydrogens is 383 g/mol. The summed E-state index contributed by atoms with van der Waals surface area (Å²) < 4.78 is 41.1. The minimum absolute atomic E-state index is 0.186. The monoisotopic (exact) mass is 397 g/mol. The van der Waals surface area contributed by atoms with Gasteiger partial charge in [-0.1, -0.05) is 23.7 Å². The topological polar surface area (TPSA) is 64.7 Å². The van der Waals surface area contributed by atoms with Crippen LogP contribution in [0.15, 0.2) is 42.7 Å². The highest BCUT2D eigenvalue weighted by atomic mass is 35.5. The predicted octanol–water partition coefficient (Wildman–Crippen LogP) is 3.75. The Bertz CT molecular complexity index is 946.